The van der Waals surface area contributed by atoms with Crippen LogP contribution in [0.15, 0.2) is 42.5 Å². The summed E-state index contributed by atoms with van der Waals surface area (Å²) in [5.74, 6) is -0.179. The van der Waals surface area contributed by atoms with Gasteiger partial charge in [0.25, 0.3) is 0 Å². The maximum atomic E-state index is 12.8. The molecule has 0 saturated heterocycles. The fourth-order valence-corrected chi connectivity index (χ4v) is 3.45. The van der Waals surface area contributed by atoms with Crippen LogP contribution in [0.25, 0.3) is 0 Å². The van der Waals surface area contributed by atoms with Crippen LogP contribution in [0, 0.1) is 6.92 Å². The highest BCUT2D eigenvalue weighted by atomic mass is 16.5. The lowest BCUT2D eigenvalue weighted by Crippen LogP contribution is -2.39. The summed E-state index contributed by atoms with van der Waals surface area (Å²) in [6, 6.07) is 14.1. The minimum Gasteiger partial charge on any atom is -0.465 e. The summed E-state index contributed by atoms with van der Waals surface area (Å²) < 4.78 is 5.41. The molecule has 0 spiro atoms. The number of nitrogen functional groups attached to an aromatic ring is 1. The molecule has 3 rings (SSSR count). The summed E-state index contributed by atoms with van der Waals surface area (Å²) in [4.78, 5) is 12.8. The van der Waals surface area contributed by atoms with Crippen molar-refractivity contribution >= 4 is 11.7 Å². The molecular formula is C19H21NO2. The first kappa shape index (κ1) is 14.6. The number of hydrogen-bond acceptors (Lipinski definition) is 3. The van der Waals surface area contributed by atoms with Gasteiger partial charge in [0.2, 0.25) is 0 Å². The minimum atomic E-state index is -0.697. The minimum absolute atomic E-state index is 0.179. The third-order valence-electron chi connectivity index (χ3n) is 4.49. The number of hydrogen-bond donors (Lipinski definition) is 1. The van der Waals surface area contributed by atoms with Gasteiger partial charge in [-0.2, -0.15) is 0 Å². The molecule has 0 heterocycles. The van der Waals surface area contributed by atoms with E-state index < -0.39 is 5.41 Å². The third kappa shape index (κ3) is 2.27. The quantitative estimate of drug-likeness (QED) is 0.699. The molecule has 3 heteroatoms. The summed E-state index contributed by atoms with van der Waals surface area (Å²) >= 11 is 0. The van der Waals surface area contributed by atoms with Gasteiger partial charge in [0.1, 0.15) is 5.41 Å². The topological polar surface area (TPSA) is 52.3 Å². The Morgan fingerprint density at radius 1 is 1.18 bits per heavy atom. The van der Waals surface area contributed by atoms with Gasteiger partial charge >= 0.3 is 5.97 Å². The van der Waals surface area contributed by atoms with Crippen LogP contribution in [0.1, 0.15) is 29.2 Å². The molecule has 0 aromatic heterocycles. The lowest BCUT2D eigenvalue weighted by atomic mass is 9.76. The van der Waals surface area contributed by atoms with Gasteiger partial charge in [-0.1, -0.05) is 36.4 Å². The number of anilines is 1. The number of carbonyl (C=O) groups excluding carboxylic acids is 1. The SMILES string of the molecule is CCOC(=O)C1(c2ccc(C)cc2N)Cc2ccccc2C1. The normalized spacial score (nSPS) is 15.4. The number of carbonyl (C=O) groups is 1. The van der Waals surface area contributed by atoms with Crippen LogP contribution in [0.5, 0.6) is 0 Å². The van der Waals surface area contributed by atoms with E-state index in [0.717, 1.165) is 11.1 Å². The van der Waals surface area contributed by atoms with Gasteiger partial charge in [0, 0.05) is 5.69 Å². The Morgan fingerprint density at radius 2 is 1.82 bits per heavy atom. The van der Waals surface area contributed by atoms with Crippen molar-refractivity contribution in [2.75, 3.05) is 12.3 Å². The Morgan fingerprint density at radius 3 is 2.36 bits per heavy atom. The Bertz CT molecular complexity index is 696. The molecular weight excluding hydrogens is 274 g/mol. The summed E-state index contributed by atoms with van der Waals surface area (Å²) in [5.41, 5.74) is 10.6. The van der Waals surface area contributed by atoms with E-state index in [1.54, 1.807) is 0 Å². The molecule has 0 aliphatic heterocycles. The van der Waals surface area contributed by atoms with Crippen molar-refractivity contribution < 1.29 is 9.53 Å². The molecule has 2 aromatic carbocycles. The summed E-state index contributed by atoms with van der Waals surface area (Å²) in [6.45, 7) is 4.22. The van der Waals surface area contributed by atoms with Crippen LogP contribution in [0.2, 0.25) is 0 Å². The average molecular weight is 295 g/mol. The largest absolute Gasteiger partial charge is 0.465 e. The van der Waals surface area contributed by atoms with E-state index in [0.29, 0.717) is 25.1 Å². The van der Waals surface area contributed by atoms with Crippen molar-refractivity contribution in [3.63, 3.8) is 0 Å². The second-order valence-corrected chi connectivity index (χ2v) is 6.02. The number of fused-ring (bicyclic) bond motifs is 1. The lowest BCUT2D eigenvalue weighted by Gasteiger charge is -2.28. The Hall–Kier alpha value is -2.29. The van der Waals surface area contributed by atoms with Gasteiger partial charge < -0.3 is 10.5 Å². The predicted octanol–water partition coefficient (Wildman–Crippen LogP) is 3.18. The van der Waals surface area contributed by atoms with E-state index in [1.165, 1.54) is 11.1 Å². The molecule has 0 bridgehead atoms. The first-order chi connectivity index (χ1) is 10.6. The Balaban J connectivity index is 2.12. The number of rotatable bonds is 3. The molecule has 2 aromatic rings. The Labute approximate surface area is 131 Å². The van der Waals surface area contributed by atoms with Crippen molar-refractivity contribution in [3.05, 3.63) is 64.7 Å². The summed E-state index contributed by atoms with van der Waals surface area (Å²) in [5, 5.41) is 0. The number of benzene rings is 2. The lowest BCUT2D eigenvalue weighted by molar-refractivity contribution is -0.149. The van der Waals surface area contributed by atoms with Crippen molar-refractivity contribution in [1.82, 2.24) is 0 Å². The molecule has 114 valence electrons. The number of ether oxygens (including phenoxy) is 1. The fourth-order valence-electron chi connectivity index (χ4n) is 3.45. The van der Waals surface area contributed by atoms with Crippen molar-refractivity contribution in [2.45, 2.75) is 32.1 Å². The highest BCUT2D eigenvalue weighted by Gasteiger charge is 2.47. The number of aryl methyl sites for hydroxylation is 1. The number of nitrogens with two attached hydrogens (primary N) is 1. The van der Waals surface area contributed by atoms with E-state index >= 15 is 0 Å². The first-order valence-corrected chi connectivity index (χ1v) is 7.67. The zero-order chi connectivity index (χ0) is 15.7. The van der Waals surface area contributed by atoms with E-state index in [4.69, 9.17) is 10.5 Å². The van der Waals surface area contributed by atoms with Crippen LogP contribution >= 0.6 is 0 Å². The molecule has 1 aliphatic carbocycles. The molecule has 0 unspecified atom stereocenters. The zero-order valence-corrected chi connectivity index (χ0v) is 13.1. The molecule has 22 heavy (non-hydrogen) atoms. The molecule has 0 amide bonds. The maximum Gasteiger partial charge on any atom is 0.317 e. The average Bonchev–Trinajstić information content (AvgIpc) is 2.87. The van der Waals surface area contributed by atoms with E-state index in [1.807, 2.05) is 44.2 Å². The van der Waals surface area contributed by atoms with Crippen LogP contribution in [0.4, 0.5) is 5.69 Å². The van der Waals surface area contributed by atoms with Gasteiger partial charge in [-0.25, -0.2) is 0 Å². The highest BCUT2D eigenvalue weighted by molar-refractivity contribution is 5.87. The van der Waals surface area contributed by atoms with Gasteiger partial charge in [-0.3, -0.25) is 4.79 Å². The number of esters is 1. The molecule has 3 nitrogen and oxygen atoms in total. The second kappa shape index (κ2) is 5.48. The first-order valence-electron chi connectivity index (χ1n) is 7.67. The fraction of sp³-hybridized carbons (Fsp3) is 0.316. The van der Waals surface area contributed by atoms with E-state index in [9.17, 15) is 4.79 Å². The van der Waals surface area contributed by atoms with E-state index in [-0.39, 0.29) is 5.97 Å². The van der Waals surface area contributed by atoms with Crippen molar-refractivity contribution in [3.8, 4) is 0 Å². The summed E-state index contributed by atoms with van der Waals surface area (Å²) in [7, 11) is 0. The van der Waals surface area contributed by atoms with Gasteiger partial charge in [-0.15, -0.1) is 0 Å². The van der Waals surface area contributed by atoms with Crippen molar-refractivity contribution in [1.29, 1.82) is 0 Å². The van der Waals surface area contributed by atoms with Crippen LogP contribution in [-0.2, 0) is 27.8 Å². The molecule has 0 radical (unpaired) electrons. The Kier molecular flexibility index (Phi) is 3.65. The van der Waals surface area contributed by atoms with E-state index in [2.05, 4.69) is 12.1 Å². The van der Waals surface area contributed by atoms with Gasteiger partial charge in [0.05, 0.1) is 6.61 Å². The highest BCUT2D eigenvalue weighted by Crippen LogP contribution is 2.43. The van der Waals surface area contributed by atoms with Gasteiger partial charge in [-0.05, 0) is 55.0 Å². The van der Waals surface area contributed by atoms with Crippen molar-refractivity contribution in [2.24, 2.45) is 0 Å². The van der Waals surface area contributed by atoms with Crippen LogP contribution in [-0.4, -0.2) is 12.6 Å². The molecule has 0 saturated carbocycles. The molecule has 0 fully saturated rings. The third-order valence-corrected chi connectivity index (χ3v) is 4.49. The predicted molar refractivity (Wildman–Crippen MR) is 87.8 cm³/mol. The molecule has 0 atom stereocenters. The second-order valence-electron chi connectivity index (χ2n) is 6.02. The van der Waals surface area contributed by atoms with Crippen LogP contribution < -0.4 is 5.73 Å². The van der Waals surface area contributed by atoms with Crippen LogP contribution in [0.3, 0.4) is 0 Å². The smallest absolute Gasteiger partial charge is 0.317 e. The van der Waals surface area contributed by atoms with Gasteiger partial charge in [0.15, 0.2) is 0 Å². The standard InChI is InChI=1S/C19H21NO2/c1-3-22-18(21)19(16-9-8-13(2)10-17(16)20)11-14-6-4-5-7-15(14)12-19/h4-10H,3,11-12,20H2,1-2H3. The molecule has 2 N–H and O–H groups in total. The molecule has 1 aliphatic rings. The summed E-state index contributed by atoms with van der Waals surface area (Å²) in [6.07, 6.45) is 1.30. The maximum absolute atomic E-state index is 12.8. The monoisotopic (exact) mass is 295 g/mol. The zero-order valence-electron chi connectivity index (χ0n) is 13.1.